The zero-order chi connectivity index (χ0) is 14.7. The van der Waals surface area contributed by atoms with Crippen molar-refractivity contribution in [3.05, 3.63) is 66.4 Å². The van der Waals surface area contributed by atoms with Crippen molar-refractivity contribution in [3.8, 4) is 0 Å². The van der Waals surface area contributed by atoms with E-state index in [4.69, 9.17) is 5.73 Å². The summed E-state index contributed by atoms with van der Waals surface area (Å²) in [6, 6.07) is 17.5. The van der Waals surface area contributed by atoms with Gasteiger partial charge in [0.25, 0.3) is 0 Å². The topological polar surface area (TPSA) is 60.0 Å². The van der Waals surface area contributed by atoms with E-state index in [9.17, 15) is 4.79 Å². The standard InChI is InChI=1S/C17H17N3O/c18-11-14-6-4-5-13-9-10-20(17(13)14)12-16(21)19-15-7-2-1-3-8-15/h1-10H,11-12,18H2,(H,19,21). The molecule has 0 bridgehead atoms. The van der Waals surface area contributed by atoms with E-state index in [1.807, 2.05) is 65.4 Å². The molecule has 21 heavy (non-hydrogen) atoms. The molecule has 0 saturated heterocycles. The third kappa shape index (κ3) is 2.80. The molecule has 0 unspecified atom stereocenters. The minimum atomic E-state index is -0.0504. The SMILES string of the molecule is NCc1cccc2ccn(CC(=O)Nc3ccccc3)c12. The number of carbonyl (C=O) groups excluding carboxylic acids is 1. The molecule has 0 aliphatic carbocycles. The molecule has 0 saturated carbocycles. The van der Waals surface area contributed by atoms with E-state index in [0.717, 1.165) is 22.2 Å². The fourth-order valence-corrected chi connectivity index (χ4v) is 2.51. The highest BCUT2D eigenvalue weighted by molar-refractivity contribution is 5.92. The van der Waals surface area contributed by atoms with Gasteiger partial charge >= 0.3 is 0 Å². The van der Waals surface area contributed by atoms with Crippen LogP contribution in [0.3, 0.4) is 0 Å². The van der Waals surface area contributed by atoms with E-state index in [2.05, 4.69) is 5.32 Å². The van der Waals surface area contributed by atoms with Crippen LogP contribution in [0.5, 0.6) is 0 Å². The van der Waals surface area contributed by atoms with E-state index in [1.54, 1.807) is 0 Å². The summed E-state index contributed by atoms with van der Waals surface area (Å²) in [5, 5.41) is 3.99. The molecular formula is C17H17N3O. The summed E-state index contributed by atoms with van der Waals surface area (Å²) in [6.07, 6.45) is 1.92. The number of carbonyl (C=O) groups is 1. The first-order valence-electron chi connectivity index (χ1n) is 6.89. The van der Waals surface area contributed by atoms with Gasteiger partial charge in [-0.05, 0) is 29.1 Å². The lowest BCUT2D eigenvalue weighted by atomic mass is 10.1. The molecular weight excluding hydrogens is 262 g/mol. The van der Waals surface area contributed by atoms with Gasteiger partial charge in [0.1, 0.15) is 6.54 Å². The maximum absolute atomic E-state index is 12.2. The van der Waals surface area contributed by atoms with Gasteiger partial charge in [0, 0.05) is 18.4 Å². The second-order valence-electron chi connectivity index (χ2n) is 4.92. The Hall–Kier alpha value is -2.59. The minimum absolute atomic E-state index is 0.0504. The van der Waals surface area contributed by atoms with Gasteiger partial charge in [-0.15, -0.1) is 0 Å². The van der Waals surface area contributed by atoms with Gasteiger partial charge in [0.05, 0.1) is 5.52 Å². The summed E-state index contributed by atoms with van der Waals surface area (Å²) in [5.74, 6) is -0.0504. The van der Waals surface area contributed by atoms with E-state index in [1.165, 1.54) is 0 Å². The van der Waals surface area contributed by atoms with E-state index in [0.29, 0.717) is 6.54 Å². The predicted octanol–water partition coefficient (Wildman–Crippen LogP) is 2.74. The predicted molar refractivity (Wildman–Crippen MR) is 84.9 cm³/mol. The fourth-order valence-electron chi connectivity index (χ4n) is 2.51. The van der Waals surface area contributed by atoms with Gasteiger partial charge in [-0.3, -0.25) is 4.79 Å². The summed E-state index contributed by atoms with van der Waals surface area (Å²) in [4.78, 5) is 12.2. The van der Waals surface area contributed by atoms with Crippen molar-refractivity contribution in [1.82, 2.24) is 4.57 Å². The normalized spacial score (nSPS) is 10.7. The highest BCUT2D eigenvalue weighted by Crippen LogP contribution is 2.20. The number of amides is 1. The number of benzene rings is 2. The molecule has 0 spiro atoms. The summed E-state index contributed by atoms with van der Waals surface area (Å²) >= 11 is 0. The molecule has 3 aromatic rings. The summed E-state index contributed by atoms with van der Waals surface area (Å²) in [7, 11) is 0. The number of rotatable bonds is 4. The van der Waals surface area contributed by atoms with E-state index >= 15 is 0 Å². The van der Waals surface area contributed by atoms with Gasteiger partial charge in [0.15, 0.2) is 0 Å². The fraction of sp³-hybridized carbons (Fsp3) is 0.118. The zero-order valence-corrected chi connectivity index (χ0v) is 11.6. The van der Waals surface area contributed by atoms with Crippen molar-refractivity contribution >= 4 is 22.5 Å². The number of nitrogens with zero attached hydrogens (tertiary/aromatic N) is 1. The molecule has 106 valence electrons. The molecule has 3 N–H and O–H groups in total. The van der Waals surface area contributed by atoms with Gasteiger partial charge in [-0.25, -0.2) is 0 Å². The van der Waals surface area contributed by atoms with Crippen molar-refractivity contribution in [2.45, 2.75) is 13.1 Å². The summed E-state index contributed by atoms with van der Waals surface area (Å²) < 4.78 is 1.94. The van der Waals surface area contributed by atoms with Crippen LogP contribution in [0.2, 0.25) is 0 Å². The minimum Gasteiger partial charge on any atom is -0.338 e. The Morgan fingerprint density at radius 1 is 1.05 bits per heavy atom. The molecule has 4 nitrogen and oxygen atoms in total. The number of nitrogens with one attached hydrogen (secondary N) is 1. The van der Waals surface area contributed by atoms with Crippen LogP contribution in [0.25, 0.3) is 10.9 Å². The molecule has 0 aliphatic rings. The number of fused-ring (bicyclic) bond motifs is 1. The Kier molecular flexibility index (Phi) is 3.71. The Balaban J connectivity index is 1.83. The van der Waals surface area contributed by atoms with E-state index in [-0.39, 0.29) is 12.5 Å². The Bertz CT molecular complexity index is 762. The highest BCUT2D eigenvalue weighted by atomic mass is 16.1. The molecule has 0 radical (unpaired) electrons. The lowest BCUT2D eigenvalue weighted by Crippen LogP contribution is -2.18. The van der Waals surface area contributed by atoms with Crippen LogP contribution in [-0.4, -0.2) is 10.5 Å². The first kappa shape index (κ1) is 13.4. The van der Waals surface area contributed by atoms with E-state index < -0.39 is 0 Å². The first-order chi connectivity index (χ1) is 10.3. The monoisotopic (exact) mass is 279 g/mol. The average Bonchev–Trinajstić information content (AvgIpc) is 2.91. The lowest BCUT2D eigenvalue weighted by Gasteiger charge is -2.09. The average molecular weight is 279 g/mol. The number of hydrogen-bond acceptors (Lipinski definition) is 2. The van der Waals surface area contributed by atoms with Crippen LogP contribution < -0.4 is 11.1 Å². The molecule has 4 heteroatoms. The summed E-state index contributed by atoms with van der Waals surface area (Å²) in [6.45, 7) is 0.733. The van der Waals surface area contributed by atoms with Crippen molar-refractivity contribution in [1.29, 1.82) is 0 Å². The first-order valence-corrected chi connectivity index (χ1v) is 6.89. The number of anilines is 1. The van der Waals surface area contributed by atoms with Crippen LogP contribution in [-0.2, 0) is 17.9 Å². The highest BCUT2D eigenvalue weighted by Gasteiger charge is 2.09. The second kappa shape index (κ2) is 5.81. The van der Waals surface area contributed by atoms with Crippen molar-refractivity contribution in [2.24, 2.45) is 5.73 Å². The number of nitrogens with two attached hydrogens (primary N) is 1. The third-order valence-corrected chi connectivity index (χ3v) is 3.46. The molecule has 0 fully saturated rings. The second-order valence-corrected chi connectivity index (χ2v) is 4.92. The van der Waals surface area contributed by atoms with Crippen LogP contribution in [0.1, 0.15) is 5.56 Å². The van der Waals surface area contributed by atoms with Crippen molar-refractivity contribution < 1.29 is 4.79 Å². The van der Waals surface area contributed by atoms with Gasteiger partial charge in [-0.1, -0.05) is 36.4 Å². The van der Waals surface area contributed by atoms with Crippen LogP contribution in [0.15, 0.2) is 60.8 Å². The van der Waals surface area contributed by atoms with Crippen molar-refractivity contribution in [3.63, 3.8) is 0 Å². The number of hydrogen-bond donors (Lipinski definition) is 2. The smallest absolute Gasteiger partial charge is 0.244 e. The van der Waals surface area contributed by atoms with Gasteiger partial charge in [-0.2, -0.15) is 0 Å². The Labute approximate surface area is 123 Å². The largest absolute Gasteiger partial charge is 0.338 e. The molecule has 2 aromatic carbocycles. The number of para-hydroxylation sites is 2. The molecule has 1 aromatic heterocycles. The maximum atomic E-state index is 12.2. The van der Waals surface area contributed by atoms with Crippen LogP contribution in [0.4, 0.5) is 5.69 Å². The van der Waals surface area contributed by atoms with Crippen LogP contribution in [0, 0.1) is 0 Å². The zero-order valence-electron chi connectivity index (χ0n) is 11.6. The quantitative estimate of drug-likeness (QED) is 0.771. The van der Waals surface area contributed by atoms with Gasteiger partial charge < -0.3 is 15.6 Å². The lowest BCUT2D eigenvalue weighted by molar-refractivity contribution is -0.116. The molecule has 0 aliphatic heterocycles. The molecule has 3 rings (SSSR count). The number of aromatic nitrogens is 1. The Morgan fingerprint density at radius 2 is 1.86 bits per heavy atom. The molecule has 0 atom stereocenters. The van der Waals surface area contributed by atoms with Crippen molar-refractivity contribution in [2.75, 3.05) is 5.32 Å². The Morgan fingerprint density at radius 3 is 2.62 bits per heavy atom. The molecule has 1 heterocycles. The van der Waals surface area contributed by atoms with Gasteiger partial charge in [0.2, 0.25) is 5.91 Å². The summed E-state index contributed by atoms with van der Waals surface area (Å²) in [5.41, 5.74) is 8.67. The maximum Gasteiger partial charge on any atom is 0.244 e. The third-order valence-electron chi connectivity index (χ3n) is 3.46. The van der Waals surface area contributed by atoms with Crippen LogP contribution >= 0.6 is 0 Å². The molecule has 1 amide bonds.